The first-order chi connectivity index (χ1) is 15.8. The highest BCUT2D eigenvalue weighted by molar-refractivity contribution is 5.83. The van der Waals surface area contributed by atoms with Gasteiger partial charge in [-0.3, -0.25) is 4.79 Å². The molecule has 1 aromatic rings. The molecular weight excluding hydrogens is 439 g/mol. The molecule has 2 fully saturated rings. The van der Waals surface area contributed by atoms with E-state index in [9.17, 15) is 18.0 Å². The van der Waals surface area contributed by atoms with Crippen LogP contribution in [0.5, 0.6) is 0 Å². The second kappa shape index (κ2) is 16.6. The highest BCUT2D eigenvalue weighted by Gasteiger charge is 2.38. The van der Waals surface area contributed by atoms with Crippen LogP contribution in [0, 0.1) is 0 Å². The number of piperidine rings is 1. The van der Waals surface area contributed by atoms with Crippen LogP contribution in [0.25, 0.3) is 0 Å². The molecule has 0 aromatic carbocycles. The number of ether oxygens (including phenoxy) is 1. The quantitative estimate of drug-likeness (QED) is 0.669. The second-order valence-electron chi connectivity index (χ2n) is 7.16. The molecule has 11 heteroatoms. The van der Waals surface area contributed by atoms with Crippen molar-refractivity contribution in [3.8, 4) is 0 Å². The average Bonchev–Trinajstić information content (AvgIpc) is 3.20. The van der Waals surface area contributed by atoms with Gasteiger partial charge in [0.25, 0.3) is 5.91 Å². The zero-order valence-corrected chi connectivity index (χ0v) is 20.4. The summed E-state index contributed by atoms with van der Waals surface area (Å²) in [6, 6.07) is 0.111. The average molecular weight is 480 g/mol. The summed E-state index contributed by atoms with van der Waals surface area (Å²) >= 11 is 0. The van der Waals surface area contributed by atoms with Crippen LogP contribution >= 0.6 is 0 Å². The number of halogens is 3. The first-order valence-corrected chi connectivity index (χ1v) is 11.5. The van der Waals surface area contributed by atoms with Gasteiger partial charge in [-0.15, -0.1) is 0 Å². The van der Waals surface area contributed by atoms with Crippen molar-refractivity contribution in [1.82, 2.24) is 14.9 Å². The lowest BCUT2D eigenvalue weighted by atomic mass is 10.0. The van der Waals surface area contributed by atoms with Crippen LogP contribution in [0.4, 0.5) is 19.1 Å². The summed E-state index contributed by atoms with van der Waals surface area (Å²) in [6.45, 7) is 10.8. The van der Waals surface area contributed by atoms with Crippen molar-refractivity contribution in [2.75, 3.05) is 44.8 Å². The standard InChI is InChI=1S/C16H22F3N5O2.C3H8.C2H6.CH4O/c17-16(18,19)11-9-21-15(22-10-11)23-5-1-12(2-6-23)24-7-3-13(14(24)25)26-8-4-20;1-3-2;2*1-2/h9-10,12-13H,1-8,20H2;3H2,1-2H3;1-2H3;2H,1H3. The second-order valence-corrected chi connectivity index (χ2v) is 7.16. The van der Waals surface area contributed by atoms with Gasteiger partial charge in [-0.25, -0.2) is 9.97 Å². The van der Waals surface area contributed by atoms with Crippen molar-refractivity contribution >= 4 is 11.9 Å². The van der Waals surface area contributed by atoms with Gasteiger partial charge in [0, 0.05) is 58.1 Å². The van der Waals surface area contributed by atoms with Crippen molar-refractivity contribution in [2.45, 2.75) is 71.7 Å². The lowest BCUT2D eigenvalue weighted by Crippen LogP contribution is -2.47. The minimum absolute atomic E-state index is 0.00248. The lowest BCUT2D eigenvalue weighted by Gasteiger charge is -2.36. The van der Waals surface area contributed by atoms with Crippen LogP contribution in [-0.2, 0) is 15.7 Å². The van der Waals surface area contributed by atoms with Gasteiger partial charge < -0.3 is 25.4 Å². The Morgan fingerprint density at radius 2 is 1.61 bits per heavy atom. The molecule has 2 saturated heterocycles. The Labute approximate surface area is 195 Å². The molecule has 3 N–H and O–H groups in total. The molecule has 0 aliphatic carbocycles. The molecule has 2 aliphatic heterocycles. The Kier molecular flexibility index (Phi) is 15.6. The van der Waals surface area contributed by atoms with E-state index in [0.29, 0.717) is 39.2 Å². The molecule has 0 bridgehead atoms. The zero-order chi connectivity index (χ0) is 25.4. The number of carbonyl (C=O) groups excluding carboxylic acids is 1. The van der Waals surface area contributed by atoms with E-state index in [-0.39, 0.29) is 17.9 Å². The van der Waals surface area contributed by atoms with Gasteiger partial charge in [-0.05, 0) is 12.8 Å². The number of aliphatic hydroxyl groups is 1. The molecule has 1 atom stereocenters. The van der Waals surface area contributed by atoms with Gasteiger partial charge in [0.2, 0.25) is 5.95 Å². The topological polar surface area (TPSA) is 105 Å². The number of anilines is 1. The number of hydrogen-bond donors (Lipinski definition) is 2. The first kappa shape index (κ1) is 31.0. The molecule has 1 aromatic heterocycles. The van der Waals surface area contributed by atoms with Gasteiger partial charge in [0.05, 0.1) is 12.2 Å². The number of likely N-dealkylation sites (tertiary alicyclic amines) is 1. The molecule has 0 radical (unpaired) electrons. The van der Waals surface area contributed by atoms with Crippen molar-refractivity contribution in [3.63, 3.8) is 0 Å². The van der Waals surface area contributed by atoms with Crippen molar-refractivity contribution in [3.05, 3.63) is 18.0 Å². The van der Waals surface area contributed by atoms with Crippen LogP contribution in [0.1, 0.15) is 58.9 Å². The minimum Gasteiger partial charge on any atom is -0.400 e. The molecular formula is C22H40F3N5O3. The van der Waals surface area contributed by atoms with E-state index in [1.807, 2.05) is 23.6 Å². The van der Waals surface area contributed by atoms with Crippen LogP contribution < -0.4 is 10.6 Å². The van der Waals surface area contributed by atoms with E-state index in [1.165, 1.54) is 6.42 Å². The zero-order valence-electron chi connectivity index (χ0n) is 20.4. The molecule has 1 unspecified atom stereocenters. The maximum Gasteiger partial charge on any atom is 0.419 e. The van der Waals surface area contributed by atoms with Crippen LogP contribution in [0.3, 0.4) is 0 Å². The fraction of sp³-hybridized carbons (Fsp3) is 0.773. The van der Waals surface area contributed by atoms with Crippen LogP contribution in [0.2, 0.25) is 0 Å². The predicted octanol–water partition coefficient (Wildman–Crippen LogP) is 3.09. The number of nitrogens with two attached hydrogens (primary N) is 1. The summed E-state index contributed by atoms with van der Waals surface area (Å²) in [6.07, 6.45) is 0.120. The lowest BCUT2D eigenvalue weighted by molar-refractivity contribution is -0.139. The third-order valence-corrected chi connectivity index (χ3v) is 4.78. The van der Waals surface area contributed by atoms with Crippen LogP contribution in [0.15, 0.2) is 12.4 Å². The summed E-state index contributed by atoms with van der Waals surface area (Å²) in [5.41, 5.74) is 4.54. The van der Waals surface area contributed by atoms with E-state index in [0.717, 1.165) is 32.3 Å². The van der Waals surface area contributed by atoms with Gasteiger partial charge in [0.1, 0.15) is 6.10 Å². The molecule has 0 saturated carbocycles. The monoisotopic (exact) mass is 479 g/mol. The number of alkyl halides is 3. The molecule has 1 amide bonds. The molecule has 0 spiro atoms. The Morgan fingerprint density at radius 1 is 1.09 bits per heavy atom. The van der Waals surface area contributed by atoms with Gasteiger partial charge in [-0.2, -0.15) is 13.2 Å². The minimum atomic E-state index is -4.44. The van der Waals surface area contributed by atoms with E-state index >= 15 is 0 Å². The highest BCUT2D eigenvalue weighted by atomic mass is 19.4. The number of rotatable bonds is 5. The smallest absolute Gasteiger partial charge is 0.400 e. The Morgan fingerprint density at radius 3 is 2.06 bits per heavy atom. The van der Waals surface area contributed by atoms with E-state index in [1.54, 1.807) is 0 Å². The summed E-state index contributed by atoms with van der Waals surface area (Å²) in [5, 5.41) is 7.00. The Balaban J connectivity index is 0.00000132. The van der Waals surface area contributed by atoms with E-state index in [2.05, 4.69) is 23.8 Å². The molecule has 3 rings (SSSR count). The summed E-state index contributed by atoms with van der Waals surface area (Å²) < 4.78 is 43.2. The molecule has 3 heterocycles. The fourth-order valence-corrected chi connectivity index (χ4v) is 3.41. The van der Waals surface area contributed by atoms with E-state index in [4.69, 9.17) is 15.6 Å². The molecule has 192 valence electrons. The third kappa shape index (κ3) is 9.81. The number of amides is 1. The normalized spacial score (nSPS) is 18.5. The molecule has 8 nitrogen and oxygen atoms in total. The largest absolute Gasteiger partial charge is 0.419 e. The highest BCUT2D eigenvalue weighted by Crippen LogP contribution is 2.29. The van der Waals surface area contributed by atoms with Crippen molar-refractivity contribution in [2.24, 2.45) is 5.73 Å². The number of aliphatic hydroxyl groups excluding tert-OH is 1. The summed E-state index contributed by atoms with van der Waals surface area (Å²) in [5.74, 6) is 0.288. The predicted molar refractivity (Wildman–Crippen MR) is 123 cm³/mol. The number of hydrogen-bond acceptors (Lipinski definition) is 7. The first-order valence-electron chi connectivity index (χ1n) is 11.5. The summed E-state index contributed by atoms with van der Waals surface area (Å²) in [4.78, 5) is 23.8. The van der Waals surface area contributed by atoms with Crippen molar-refractivity contribution < 1.29 is 27.8 Å². The Bertz CT molecular complexity index is 639. The van der Waals surface area contributed by atoms with Crippen LogP contribution in [-0.4, -0.2) is 77.9 Å². The Hall–Kier alpha value is -1.98. The number of carbonyl (C=O) groups is 1. The van der Waals surface area contributed by atoms with Crippen molar-refractivity contribution in [1.29, 1.82) is 0 Å². The molecule has 33 heavy (non-hydrogen) atoms. The SMILES string of the molecule is CC.CCC.CO.NCCOC1CCN(C2CCN(c3ncc(C(F)(F)F)cn3)CC2)C1=O. The number of nitrogens with zero attached hydrogens (tertiary/aromatic N) is 4. The fourth-order valence-electron chi connectivity index (χ4n) is 3.41. The molecule has 2 aliphatic rings. The maximum absolute atomic E-state index is 12.6. The maximum atomic E-state index is 12.6. The van der Waals surface area contributed by atoms with Gasteiger partial charge >= 0.3 is 6.18 Å². The van der Waals surface area contributed by atoms with Gasteiger partial charge in [0.15, 0.2) is 0 Å². The summed E-state index contributed by atoms with van der Waals surface area (Å²) in [7, 11) is 1.00. The number of aromatic nitrogens is 2. The van der Waals surface area contributed by atoms with Gasteiger partial charge in [-0.1, -0.05) is 34.1 Å². The van der Waals surface area contributed by atoms with E-state index < -0.39 is 17.8 Å². The third-order valence-electron chi connectivity index (χ3n) is 4.78.